The van der Waals surface area contributed by atoms with Crippen molar-refractivity contribution in [3.8, 4) is 0 Å². The molecule has 0 aliphatic carbocycles. The maximum Gasteiger partial charge on any atom is 0.258 e. The lowest BCUT2D eigenvalue weighted by Gasteiger charge is -2.08. The number of anilines is 2. The van der Waals surface area contributed by atoms with Gasteiger partial charge in [0, 0.05) is 29.5 Å². The maximum atomic E-state index is 13.6. The van der Waals surface area contributed by atoms with Crippen LogP contribution in [0.1, 0.15) is 15.9 Å². The Hall–Kier alpha value is -2.70. The Kier molecular flexibility index (Phi) is 5.65. The number of hydrogen-bond donors (Lipinski definition) is 2. The molecule has 0 aliphatic rings. The molecule has 1 aromatic heterocycles. The highest BCUT2D eigenvalue weighted by Crippen LogP contribution is 2.25. The minimum absolute atomic E-state index is 0.235. The van der Waals surface area contributed by atoms with E-state index in [9.17, 15) is 9.18 Å². The van der Waals surface area contributed by atoms with Crippen LogP contribution in [0.2, 0.25) is 10.0 Å². The maximum absolute atomic E-state index is 13.6. The molecule has 1 amide bonds. The second-order valence-corrected chi connectivity index (χ2v) is 6.16. The third kappa shape index (κ3) is 4.47. The molecule has 2 aromatic carbocycles. The number of benzene rings is 2. The first-order valence-corrected chi connectivity index (χ1v) is 8.34. The van der Waals surface area contributed by atoms with Gasteiger partial charge in [0.15, 0.2) is 0 Å². The third-order valence-corrected chi connectivity index (χ3v) is 4.04. The topological polar surface area (TPSA) is 66.9 Å². The van der Waals surface area contributed by atoms with Gasteiger partial charge in [-0.05, 0) is 24.3 Å². The van der Waals surface area contributed by atoms with E-state index in [2.05, 4.69) is 20.6 Å². The molecule has 8 heteroatoms. The van der Waals surface area contributed by atoms with Crippen LogP contribution in [0.25, 0.3) is 0 Å². The first kappa shape index (κ1) is 18.1. The molecule has 2 N–H and O–H groups in total. The number of aromatic nitrogens is 2. The van der Waals surface area contributed by atoms with Crippen LogP contribution in [0, 0.1) is 5.82 Å². The Bertz CT molecular complexity index is 935. The number of carbonyl (C=O) groups excluding carboxylic acids is 1. The molecule has 3 rings (SSSR count). The summed E-state index contributed by atoms with van der Waals surface area (Å²) in [5.41, 5.74) is 1.19. The highest BCUT2D eigenvalue weighted by molar-refractivity contribution is 6.36. The Morgan fingerprint density at radius 2 is 1.81 bits per heavy atom. The zero-order valence-electron chi connectivity index (χ0n) is 13.3. The Labute approximate surface area is 159 Å². The number of carbonyl (C=O) groups is 1. The molecule has 0 saturated carbocycles. The molecule has 5 nitrogen and oxygen atoms in total. The van der Waals surface area contributed by atoms with Crippen molar-refractivity contribution in [3.05, 3.63) is 81.8 Å². The summed E-state index contributed by atoms with van der Waals surface area (Å²) in [7, 11) is 0. The second kappa shape index (κ2) is 8.12. The smallest absolute Gasteiger partial charge is 0.258 e. The van der Waals surface area contributed by atoms with E-state index in [0.717, 1.165) is 0 Å². The molecule has 132 valence electrons. The number of rotatable bonds is 5. The monoisotopic (exact) mass is 390 g/mol. The molecule has 0 fully saturated rings. The van der Waals surface area contributed by atoms with Crippen LogP contribution in [0.5, 0.6) is 0 Å². The summed E-state index contributed by atoms with van der Waals surface area (Å²) in [4.78, 5) is 20.4. The minimum atomic E-state index is -0.408. The third-order valence-electron chi connectivity index (χ3n) is 3.49. The molecule has 0 unspecified atom stereocenters. The Morgan fingerprint density at radius 3 is 2.50 bits per heavy atom. The predicted molar refractivity (Wildman–Crippen MR) is 100 cm³/mol. The van der Waals surface area contributed by atoms with Gasteiger partial charge in [-0.2, -0.15) is 0 Å². The summed E-state index contributed by atoms with van der Waals surface area (Å²) in [5.74, 6) is -0.431. The molecule has 0 spiro atoms. The fourth-order valence-electron chi connectivity index (χ4n) is 2.14. The van der Waals surface area contributed by atoms with Crippen LogP contribution in [-0.2, 0) is 6.54 Å². The van der Waals surface area contributed by atoms with E-state index in [0.29, 0.717) is 21.3 Å². The van der Waals surface area contributed by atoms with Crippen molar-refractivity contribution < 1.29 is 9.18 Å². The molecule has 0 radical (unpaired) electrons. The highest BCUT2D eigenvalue weighted by Gasteiger charge is 2.10. The molecule has 26 heavy (non-hydrogen) atoms. The number of nitrogens with zero attached hydrogens (tertiary/aromatic N) is 2. The van der Waals surface area contributed by atoms with Crippen molar-refractivity contribution in [1.82, 2.24) is 9.97 Å². The van der Waals surface area contributed by atoms with Crippen molar-refractivity contribution in [2.45, 2.75) is 6.54 Å². The van der Waals surface area contributed by atoms with E-state index in [4.69, 9.17) is 23.2 Å². The normalized spacial score (nSPS) is 10.4. The Balaban J connectivity index is 1.63. The van der Waals surface area contributed by atoms with Crippen molar-refractivity contribution in [2.75, 3.05) is 10.6 Å². The summed E-state index contributed by atoms with van der Waals surface area (Å²) >= 11 is 11.9. The van der Waals surface area contributed by atoms with Gasteiger partial charge in [0.2, 0.25) is 5.95 Å². The van der Waals surface area contributed by atoms with Gasteiger partial charge in [-0.3, -0.25) is 4.79 Å². The summed E-state index contributed by atoms with van der Waals surface area (Å²) < 4.78 is 13.6. The number of amides is 1. The van der Waals surface area contributed by atoms with Crippen LogP contribution in [-0.4, -0.2) is 15.9 Å². The lowest BCUT2D eigenvalue weighted by Crippen LogP contribution is -2.14. The molecule has 0 saturated heterocycles. The lowest BCUT2D eigenvalue weighted by molar-refractivity contribution is 0.102. The van der Waals surface area contributed by atoms with Crippen LogP contribution in [0.4, 0.5) is 16.0 Å². The summed E-state index contributed by atoms with van der Waals surface area (Å²) in [5, 5.41) is 6.36. The van der Waals surface area contributed by atoms with Gasteiger partial charge in [-0.25, -0.2) is 14.4 Å². The van der Waals surface area contributed by atoms with Crippen molar-refractivity contribution in [1.29, 1.82) is 0 Å². The molecule has 0 aliphatic heterocycles. The van der Waals surface area contributed by atoms with Gasteiger partial charge < -0.3 is 10.6 Å². The van der Waals surface area contributed by atoms with E-state index in [-0.39, 0.29) is 23.9 Å². The standard InChI is InChI=1S/C18H13Cl2FN4O/c19-13-5-6-16(14(20)7-13)25-17(26)12-9-23-18(24-10-12)22-8-11-3-1-2-4-15(11)21/h1-7,9-10H,8H2,(H,25,26)(H,22,23,24). The summed E-state index contributed by atoms with van der Waals surface area (Å²) in [6.07, 6.45) is 2.74. The average Bonchev–Trinajstić information content (AvgIpc) is 2.64. The van der Waals surface area contributed by atoms with Gasteiger partial charge in [-0.15, -0.1) is 0 Å². The predicted octanol–water partition coefficient (Wildman–Crippen LogP) is 4.79. The van der Waals surface area contributed by atoms with Gasteiger partial charge in [-0.1, -0.05) is 41.4 Å². The molecule has 1 heterocycles. The van der Waals surface area contributed by atoms with Crippen LogP contribution < -0.4 is 10.6 Å². The minimum Gasteiger partial charge on any atom is -0.350 e. The van der Waals surface area contributed by atoms with E-state index >= 15 is 0 Å². The largest absolute Gasteiger partial charge is 0.350 e. The fraction of sp³-hybridized carbons (Fsp3) is 0.0556. The molecule has 0 atom stereocenters. The van der Waals surface area contributed by atoms with E-state index < -0.39 is 5.91 Å². The molecular weight excluding hydrogens is 378 g/mol. The Morgan fingerprint density at radius 1 is 1.08 bits per heavy atom. The zero-order valence-corrected chi connectivity index (χ0v) is 14.9. The van der Waals surface area contributed by atoms with Gasteiger partial charge in [0.05, 0.1) is 16.3 Å². The molecule has 3 aromatic rings. The van der Waals surface area contributed by atoms with E-state index in [1.54, 1.807) is 30.3 Å². The number of hydrogen-bond acceptors (Lipinski definition) is 4. The summed E-state index contributed by atoms with van der Waals surface area (Å²) in [6.45, 7) is 0.235. The van der Waals surface area contributed by atoms with Crippen LogP contribution in [0.15, 0.2) is 54.9 Å². The zero-order chi connectivity index (χ0) is 18.5. The van der Waals surface area contributed by atoms with Gasteiger partial charge in [0.1, 0.15) is 5.82 Å². The van der Waals surface area contributed by atoms with Crippen LogP contribution >= 0.6 is 23.2 Å². The average molecular weight is 391 g/mol. The van der Waals surface area contributed by atoms with Crippen LogP contribution in [0.3, 0.4) is 0 Å². The second-order valence-electron chi connectivity index (χ2n) is 5.32. The van der Waals surface area contributed by atoms with E-state index in [1.807, 2.05) is 0 Å². The van der Waals surface area contributed by atoms with E-state index in [1.165, 1.54) is 24.5 Å². The van der Waals surface area contributed by atoms with Gasteiger partial charge >= 0.3 is 0 Å². The van der Waals surface area contributed by atoms with Gasteiger partial charge in [0.25, 0.3) is 5.91 Å². The highest BCUT2D eigenvalue weighted by atomic mass is 35.5. The van der Waals surface area contributed by atoms with Crippen molar-refractivity contribution in [3.63, 3.8) is 0 Å². The molecular formula is C18H13Cl2FN4O. The SMILES string of the molecule is O=C(Nc1ccc(Cl)cc1Cl)c1cnc(NCc2ccccc2F)nc1. The first-order chi connectivity index (χ1) is 12.5. The molecule has 0 bridgehead atoms. The van der Waals surface area contributed by atoms with Crippen molar-refractivity contribution in [2.24, 2.45) is 0 Å². The lowest BCUT2D eigenvalue weighted by atomic mass is 10.2. The first-order valence-electron chi connectivity index (χ1n) is 7.58. The van der Waals surface area contributed by atoms with Crippen molar-refractivity contribution >= 4 is 40.7 Å². The number of nitrogens with one attached hydrogen (secondary N) is 2. The summed E-state index contributed by atoms with van der Waals surface area (Å²) in [6, 6.07) is 11.2. The number of halogens is 3. The fourth-order valence-corrected chi connectivity index (χ4v) is 2.59. The quantitative estimate of drug-likeness (QED) is 0.657.